The van der Waals surface area contributed by atoms with E-state index in [1.165, 1.54) is 13.5 Å². The molecule has 1 heterocycles. The monoisotopic (exact) mass is 141 g/mol. The topological polar surface area (TPSA) is 38.3 Å². The molecule has 0 aromatic heterocycles. The lowest BCUT2D eigenvalue weighted by atomic mass is 10.2. The van der Waals surface area contributed by atoms with Gasteiger partial charge in [0.05, 0.1) is 7.11 Å². The third kappa shape index (κ3) is 0.814. The lowest BCUT2D eigenvalue weighted by Crippen LogP contribution is -2.34. The molecule has 1 N–H and O–H groups in total. The first-order valence-corrected chi connectivity index (χ1v) is 3.65. The normalized spacial score (nSPS) is 42.7. The lowest BCUT2D eigenvalue weighted by molar-refractivity contribution is -0.142. The summed E-state index contributed by atoms with van der Waals surface area (Å²) >= 11 is 0. The molecular weight excluding hydrogens is 130 g/mol. The second-order valence-electron chi connectivity index (χ2n) is 3.08. The summed E-state index contributed by atoms with van der Waals surface area (Å²) in [7, 11) is 1.44. The van der Waals surface area contributed by atoms with Gasteiger partial charge in [-0.3, -0.25) is 4.79 Å². The van der Waals surface area contributed by atoms with Crippen LogP contribution in [0.1, 0.15) is 12.8 Å². The Labute approximate surface area is 59.7 Å². The van der Waals surface area contributed by atoms with Crippen molar-refractivity contribution in [3.8, 4) is 0 Å². The van der Waals surface area contributed by atoms with Crippen LogP contribution in [-0.4, -0.2) is 25.2 Å². The van der Waals surface area contributed by atoms with Crippen molar-refractivity contribution in [2.75, 3.05) is 7.11 Å². The van der Waals surface area contributed by atoms with Gasteiger partial charge in [0.2, 0.25) is 0 Å². The van der Waals surface area contributed by atoms with Crippen LogP contribution in [0.15, 0.2) is 0 Å². The van der Waals surface area contributed by atoms with Crippen molar-refractivity contribution >= 4 is 5.97 Å². The Morgan fingerprint density at radius 2 is 2.40 bits per heavy atom. The van der Waals surface area contributed by atoms with Gasteiger partial charge >= 0.3 is 5.97 Å². The number of carbonyl (C=O) groups is 1. The van der Waals surface area contributed by atoms with Crippen LogP contribution in [0.4, 0.5) is 0 Å². The molecule has 0 radical (unpaired) electrons. The van der Waals surface area contributed by atoms with E-state index < -0.39 is 0 Å². The number of methoxy groups -OCH3 is 1. The molecular formula is C7H11NO2. The van der Waals surface area contributed by atoms with Crippen LogP contribution < -0.4 is 5.32 Å². The molecule has 3 heteroatoms. The van der Waals surface area contributed by atoms with Crippen LogP contribution in [0.3, 0.4) is 0 Å². The zero-order valence-corrected chi connectivity index (χ0v) is 5.96. The zero-order valence-electron chi connectivity index (χ0n) is 5.96. The minimum Gasteiger partial charge on any atom is -0.468 e. The van der Waals surface area contributed by atoms with E-state index in [1.807, 2.05) is 0 Å². The van der Waals surface area contributed by atoms with E-state index in [4.69, 9.17) is 0 Å². The van der Waals surface area contributed by atoms with Crippen molar-refractivity contribution in [3.63, 3.8) is 0 Å². The third-order valence-corrected chi connectivity index (χ3v) is 2.36. The average molecular weight is 141 g/mol. The second kappa shape index (κ2) is 1.95. The van der Waals surface area contributed by atoms with E-state index >= 15 is 0 Å². The smallest absolute Gasteiger partial charge is 0.322 e. The summed E-state index contributed by atoms with van der Waals surface area (Å²) in [6, 6.07) is 0.623. The molecule has 56 valence electrons. The molecule has 3 nitrogen and oxygen atoms in total. The van der Waals surface area contributed by atoms with Crippen molar-refractivity contribution in [2.24, 2.45) is 5.92 Å². The van der Waals surface area contributed by atoms with Gasteiger partial charge in [0.1, 0.15) is 6.04 Å². The lowest BCUT2D eigenvalue weighted by Gasteiger charge is -2.08. The minimum atomic E-state index is -0.104. The minimum absolute atomic E-state index is 0.00579. The van der Waals surface area contributed by atoms with E-state index in [0.717, 1.165) is 12.3 Å². The Bertz CT molecular complexity index is 159. The van der Waals surface area contributed by atoms with Gasteiger partial charge in [-0.25, -0.2) is 0 Å². The van der Waals surface area contributed by atoms with Crippen LogP contribution in [-0.2, 0) is 9.53 Å². The van der Waals surface area contributed by atoms with Gasteiger partial charge in [-0.1, -0.05) is 0 Å². The van der Waals surface area contributed by atoms with Crippen LogP contribution in [0, 0.1) is 5.92 Å². The number of hydrogen-bond donors (Lipinski definition) is 1. The molecule has 1 saturated carbocycles. The molecule has 0 unspecified atom stereocenters. The summed E-state index contributed by atoms with van der Waals surface area (Å²) in [6.07, 6.45) is 2.24. The van der Waals surface area contributed by atoms with Gasteiger partial charge in [0, 0.05) is 6.04 Å². The molecule has 1 aliphatic carbocycles. The molecule has 3 atom stereocenters. The Morgan fingerprint density at radius 3 is 2.90 bits per heavy atom. The first-order valence-electron chi connectivity index (χ1n) is 3.65. The van der Waals surface area contributed by atoms with Crippen molar-refractivity contribution < 1.29 is 9.53 Å². The fourth-order valence-electron chi connectivity index (χ4n) is 1.65. The van der Waals surface area contributed by atoms with Crippen molar-refractivity contribution in [3.05, 3.63) is 0 Å². The maximum atomic E-state index is 10.9. The molecule has 0 aromatic carbocycles. The zero-order chi connectivity index (χ0) is 7.14. The standard InChI is InChI=1S/C7H11NO2/c1-10-7(9)6-3-4-2-5(4)8-6/h4-6,8H,2-3H2,1H3/t4-,5-,6-/m0/s1. The fraction of sp³-hybridized carbons (Fsp3) is 0.857. The molecule has 0 aromatic rings. The number of carbonyl (C=O) groups excluding carboxylic acids is 1. The first-order chi connectivity index (χ1) is 4.81. The van der Waals surface area contributed by atoms with Crippen molar-refractivity contribution in [1.29, 1.82) is 0 Å². The highest BCUT2D eigenvalue weighted by Gasteiger charge is 2.48. The Morgan fingerprint density at radius 1 is 1.60 bits per heavy atom. The third-order valence-electron chi connectivity index (χ3n) is 2.36. The predicted octanol–water partition coefficient (Wildman–Crippen LogP) is -0.0902. The molecule has 0 amide bonds. The number of ether oxygens (including phenoxy) is 1. The largest absolute Gasteiger partial charge is 0.468 e. The Hall–Kier alpha value is -0.570. The molecule has 0 spiro atoms. The van der Waals surface area contributed by atoms with E-state index in [9.17, 15) is 4.79 Å². The number of piperidine rings is 1. The summed E-state index contributed by atoms with van der Waals surface area (Å²) in [4.78, 5) is 10.9. The number of rotatable bonds is 1. The number of hydrogen-bond acceptors (Lipinski definition) is 3. The van der Waals surface area contributed by atoms with E-state index in [0.29, 0.717) is 6.04 Å². The van der Waals surface area contributed by atoms with Crippen LogP contribution in [0.25, 0.3) is 0 Å². The number of fused-ring (bicyclic) bond motifs is 1. The summed E-state index contributed by atoms with van der Waals surface area (Å²) in [5, 5.41) is 3.20. The quantitative estimate of drug-likeness (QED) is 0.519. The first kappa shape index (κ1) is 6.16. The van der Waals surface area contributed by atoms with Gasteiger partial charge in [0.25, 0.3) is 0 Å². The van der Waals surface area contributed by atoms with Gasteiger partial charge in [-0.05, 0) is 18.8 Å². The highest BCUT2D eigenvalue weighted by Crippen LogP contribution is 2.40. The highest BCUT2D eigenvalue weighted by molar-refractivity contribution is 5.76. The Balaban J connectivity index is 1.90. The fourth-order valence-corrected chi connectivity index (χ4v) is 1.65. The summed E-state index contributed by atoms with van der Waals surface area (Å²) < 4.78 is 4.60. The molecule has 2 aliphatic rings. The van der Waals surface area contributed by atoms with Crippen LogP contribution in [0.5, 0.6) is 0 Å². The molecule has 2 fully saturated rings. The van der Waals surface area contributed by atoms with Gasteiger partial charge in [-0.2, -0.15) is 0 Å². The SMILES string of the molecule is COC(=O)[C@@H]1C[C@@H]2C[C@@H]2N1. The number of nitrogens with one attached hydrogen (secondary N) is 1. The average Bonchev–Trinajstić information content (AvgIpc) is 2.57. The highest BCUT2D eigenvalue weighted by atomic mass is 16.5. The summed E-state index contributed by atoms with van der Waals surface area (Å²) in [5.74, 6) is 0.663. The second-order valence-corrected chi connectivity index (χ2v) is 3.08. The molecule has 1 aliphatic heterocycles. The van der Waals surface area contributed by atoms with Crippen molar-refractivity contribution in [1.82, 2.24) is 5.32 Å². The van der Waals surface area contributed by atoms with Crippen LogP contribution in [0.2, 0.25) is 0 Å². The molecule has 10 heavy (non-hydrogen) atoms. The van der Waals surface area contributed by atoms with Crippen LogP contribution >= 0.6 is 0 Å². The summed E-state index contributed by atoms with van der Waals surface area (Å²) in [5.41, 5.74) is 0. The molecule has 1 saturated heterocycles. The van der Waals surface area contributed by atoms with Gasteiger partial charge in [0.15, 0.2) is 0 Å². The van der Waals surface area contributed by atoms with Gasteiger partial charge < -0.3 is 10.1 Å². The van der Waals surface area contributed by atoms with Crippen molar-refractivity contribution in [2.45, 2.75) is 24.9 Å². The van der Waals surface area contributed by atoms with Gasteiger partial charge in [-0.15, -0.1) is 0 Å². The summed E-state index contributed by atoms with van der Waals surface area (Å²) in [6.45, 7) is 0. The van der Waals surface area contributed by atoms with E-state index in [1.54, 1.807) is 0 Å². The maximum absolute atomic E-state index is 10.9. The number of esters is 1. The maximum Gasteiger partial charge on any atom is 0.322 e. The predicted molar refractivity (Wildman–Crippen MR) is 35.5 cm³/mol. The van der Waals surface area contributed by atoms with E-state index in [-0.39, 0.29) is 12.0 Å². The Kier molecular flexibility index (Phi) is 1.20. The molecule has 2 rings (SSSR count). The van der Waals surface area contributed by atoms with E-state index in [2.05, 4.69) is 10.1 Å². The molecule has 0 bridgehead atoms.